The van der Waals surface area contributed by atoms with Crippen molar-refractivity contribution in [2.75, 3.05) is 25.6 Å². The van der Waals surface area contributed by atoms with Crippen molar-refractivity contribution in [2.24, 2.45) is 0 Å². The Hall–Kier alpha value is -1.35. The molecule has 2 radical (unpaired) electrons. The van der Waals surface area contributed by atoms with E-state index >= 15 is 0 Å². The van der Waals surface area contributed by atoms with Crippen molar-refractivity contribution >= 4 is 44.4 Å². The summed E-state index contributed by atoms with van der Waals surface area (Å²) in [6.07, 6.45) is 0.170. The van der Waals surface area contributed by atoms with Gasteiger partial charge in [-0.2, -0.15) is 11.2 Å². The van der Waals surface area contributed by atoms with E-state index in [4.69, 9.17) is 23.0 Å². The molecule has 10 heteroatoms. The van der Waals surface area contributed by atoms with Gasteiger partial charge in [0.05, 0.1) is 19.1 Å². The molecule has 0 bridgehead atoms. The molecule has 0 N–H and O–H groups in total. The Bertz CT molecular complexity index is 957. The molecule has 0 aliphatic carbocycles. The maximum absolute atomic E-state index is 12.6. The minimum absolute atomic E-state index is 0.117. The van der Waals surface area contributed by atoms with E-state index in [1.807, 2.05) is 47.6 Å². The Morgan fingerprint density at radius 1 is 1.25 bits per heavy atom. The first-order valence-electron chi connectivity index (χ1n) is 10.7. The lowest BCUT2D eigenvalue weighted by Crippen LogP contribution is -2.23. The van der Waals surface area contributed by atoms with E-state index in [2.05, 4.69) is 6.92 Å². The summed E-state index contributed by atoms with van der Waals surface area (Å²) in [6, 6.07) is 12.8. The molecular formula is C22H29O7PSSi. The molecule has 7 nitrogen and oxygen atoms in total. The highest BCUT2D eigenvalue weighted by Crippen LogP contribution is 2.55. The zero-order valence-corrected chi connectivity index (χ0v) is 21.3. The highest BCUT2D eigenvalue weighted by atomic mass is 32.4. The minimum atomic E-state index is -3.63. The van der Waals surface area contributed by atoms with Crippen LogP contribution in [0.3, 0.4) is 0 Å². The Labute approximate surface area is 195 Å². The fourth-order valence-corrected chi connectivity index (χ4v) is 6.68. The fourth-order valence-electron chi connectivity index (χ4n) is 3.06. The smallest absolute Gasteiger partial charge is 0.478 e. The third kappa shape index (κ3) is 7.07. The molecule has 1 aliphatic rings. The van der Waals surface area contributed by atoms with E-state index in [0.29, 0.717) is 6.61 Å². The summed E-state index contributed by atoms with van der Waals surface area (Å²) in [5.41, 5.74) is 0.817. The molecular weight excluding hydrogens is 467 g/mol. The predicted molar refractivity (Wildman–Crippen MR) is 127 cm³/mol. The van der Waals surface area contributed by atoms with Gasteiger partial charge < -0.3 is 9.47 Å². The van der Waals surface area contributed by atoms with Gasteiger partial charge in [0, 0.05) is 0 Å². The molecule has 2 aromatic rings. The number of esters is 1. The summed E-state index contributed by atoms with van der Waals surface area (Å²) >= 11 is 1.98. The molecule has 3 atom stereocenters. The number of phosphoric acid groups is 1. The Balaban J connectivity index is 1.55. The van der Waals surface area contributed by atoms with Gasteiger partial charge in [-0.05, 0) is 60.5 Å². The minimum Gasteiger partial charge on any atom is -0.494 e. The molecule has 2 aromatic carbocycles. The first-order valence-corrected chi connectivity index (χ1v) is 15.1. The largest absolute Gasteiger partial charge is 0.494 e. The second-order valence-corrected chi connectivity index (χ2v) is 12.1. The summed E-state index contributed by atoms with van der Waals surface area (Å²) in [7, 11) is -2.76. The number of carbonyl (C=O) groups excluding carboxylic acids is 1. The van der Waals surface area contributed by atoms with Crippen LogP contribution >= 0.6 is 19.0 Å². The Morgan fingerprint density at radius 3 is 2.81 bits per heavy atom. The summed E-state index contributed by atoms with van der Waals surface area (Å²) in [6.45, 7) is 6.40. The van der Waals surface area contributed by atoms with E-state index in [0.717, 1.165) is 36.8 Å². The normalized spacial score (nSPS) is 21.5. The van der Waals surface area contributed by atoms with Crippen molar-refractivity contribution in [2.45, 2.75) is 45.4 Å². The van der Waals surface area contributed by atoms with Crippen LogP contribution in [0.15, 0.2) is 36.4 Å². The van der Waals surface area contributed by atoms with E-state index in [1.54, 1.807) is 13.8 Å². The van der Waals surface area contributed by atoms with Gasteiger partial charge in [-0.15, -0.1) is 0 Å². The third-order valence-corrected chi connectivity index (χ3v) is 9.32. The summed E-state index contributed by atoms with van der Waals surface area (Å²) in [5, 5.41) is 2.05. The van der Waals surface area contributed by atoms with Crippen LogP contribution in [0.5, 0.6) is 5.75 Å². The number of hydrogen-bond donors (Lipinski definition) is 0. The molecule has 0 saturated carbocycles. The first-order chi connectivity index (χ1) is 15.4. The average Bonchev–Trinajstić information content (AvgIpc) is 3.15. The van der Waals surface area contributed by atoms with Crippen molar-refractivity contribution < 1.29 is 32.4 Å². The number of hydrogen-bond acceptors (Lipinski definition) is 8. The van der Waals surface area contributed by atoms with E-state index in [-0.39, 0.29) is 13.2 Å². The molecule has 32 heavy (non-hydrogen) atoms. The molecule has 1 heterocycles. The average molecular weight is 497 g/mol. The van der Waals surface area contributed by atoms with Crippen LogP contribution in [-0.2, 0) is 27.7 Å². The second kappa shape index (κ2) is 12.2. The topological polar surface area (TPSA) is 80.3 Å². The number of carbonyl (C=O) groups is 1. The van der Waals surface area contributed by atoms with Crippen LogP contribution < -0.4 is 4.74 Å². The maximum Gasteiger partial charge on any atom is 0.478 e. The van der Waals surface area contributed by atoms with E-state index in [9.17, 15) is 9.36 Å². The van der Waals surface area contributed by atoms with Gasteiger partial charge in [0.25, 0.3) is 0 Å². The third-order valence-electron chi connectivity index (χ3n) is 4.72. The second-order valence-electron chi connectivity index (χ2n) is 7.21. The number of ether oxygens (including phenoxy) is 2. The quantitative estimate of drug-likeness (QED) is 0.163. The van der Waals surface area contributed by atoms with Crippen molar-refractivity contribution in [1.29, 1.82) is 0 Å². The summed E-state index contributed by atoms with van der Waals surface area (Å²) in [4.78, 5) is 12.6. The zero-order valence-electron chi connectivity index (χ0n) is 18.6. The molecule has 174 valence electrons. The highest BCUT2D eigenvalue weighted by Gasteiger charge is 2.41. The Kier molecular flexibility index (Phi) is 9.64. The van der Waals surface area contributed by atoms with E-state index in [1.165, 1.54) is 12.2 Å². The standard InChI is InChI=1S/C22H29O7PSSi/c1-4-11-31-32-12-10-25-20-9-8-18-13-17(6-7-19(18)14-20)16(3)22(23)28-21-15-27-30(24,29-21)26-5-2/h6-9,13-14,16,21H,4-5,10-12,15H2,1-3H3. The lowest BCUT2D eigenvalue weighted by Gasteiger charge is -2.16. The summed E-state index contributed by atoms with van der Waals surface area (Å²) < 4.78 is 38.4. The number of fused-ring (bicyclic) bond motifs is 1. The Morgan fingerprint density at radius 2 is 2.03 bits per heavy atom. The SMILES string of the molecule is CCCS[Si]CCOc1ccc2cc(C(C)C(=O)OC3COP(=O)(OCC)O3)ccc2c1. The van der Waals surface area contributed by atoms with Crippen molar-refractivity contribution in [3.63, 3.8) is 0 Å². The zero-order chi connectivity index (χ0) is 23.0. The van der Waals surface area contributed by atoms with Gasteiger partial charge >= 0.3 is 13.8 Å². The lowest BCUT2D eigenvalue weighted by molar-refractivity contribution is -0.163. The van der Waals surface area contributed by atoms with Gasteiger partial charge in [0.15, 0.2) is 0 Å². The molecule has 0 aromatic heterocycles. The van der Waals surface area contributed by atoms with Crippen molar-refractivity contribution in [1.82, 2.24) is 0 Å². The van der Waals surface area contributed by atoms with Crippen LogP contribution in [0.1, 0.15) is 38.7 Å². The van der Waals surface area contributed by atoms with E-state index < -0.39 is 26.0 Å². The van der Waals surface area contributed by atoms with Crippen molar-refractivity contribution in [3.05, 3.63) is 42.0 Å². The van der Waals surface area contributed by atoms with Gasteiger partial charge in [-0.25, -0.2) is 9.09 Å². The number of phosphoric ester groups is 1. The first kappa shape index (κ1) is 25.3. The van der Waals surface area contributed by atoms with Crippen LogP contribution in [-0.4, -0.2) is 46.5 Å². The molecule has 1 saturated heterocycles. The predicted octanol–water partition coefficient (Wildman–Crippen LogP) is 5.56. The van der Waals surface area contributed by atoms with Gasteiger partial charge in [-0.3, -0.25) is 13.8 Å². The number of rotatable bonds is 12. The molecule has 0 amide bonds. The van der Waals surface area contributed by atoms with Crippen molar-refractivity contribution in [3.8, 4) is 5.75 Å². The van der Waals surface area contributed by atoms with Gasteiger partial charge in [0.2, 0.25) is 6.29 Å². The van der Waals surface area contributed by atoms with Crippen LogP contribution in [0.4, 0.5) is 0 Å². The highest BCUT2D eigenvalue weighted by molar-refractivity contribution is 8.22. The lowest BCUT2D eigenvalue weighted by atomic mass is 9.98. The molecule has 3 rings (SSSR count). The van der Waals surface area contributed by atoms with Crippen LogP contribution in [0.2, 0.25) is 6.04 Å². The van der Waals surface area contributed by atoms with Crippen LogP contribution in [0, 0.1) is 0 Å². The maximum atomic E-state index is 12.6. The van der Waals surface area contributed by atoms with Gasteiger partial charge in [-0.1, -0.05) is 31.2 Å². The monoisotopic (exact) mass is 496 g/mol. The van der Waals surface area contributed by atoms with Crippen LogP contribution in [0.25, 0.3) is 10.8 Å². The fraction of sp³-hybridized carbons (Fsp3) is 0.500. The molecule has 3 unspecified atom stereocenters. The summed E-state index contributed by atoms with van der Waals surface area (Å²) in [5.74, 6) is 1.05. The molecule has 1 fully saturated rings. The number of benzene rings is 2. The van der Waals surface area contributed by atoms with Gasteiger partial charge in [0.1, 0.15) is 21.0 Å². The molecule has 0 spiro atoms. The molecule has 1 aliphatic heterocycles.